The van der Waals surface area contributed by atoms with Crippen LogP contribution in [-0.2, 0) is 16.7 Å². The van der Waals surface area contributed by atoms with Crippen molar-refractivity contribution in [2.75, 3.05) is 20.2 Å². The number of rotatable bonds is 4. The van der Waals surface area contributed by atoms with E-state index in [9.17, 15) is 0 Å². The van der Waals surface area contributed by atoms with Gasteiger partial charge in [0.05, 0.1) is 12.6 Å². The van der Waals surface area contributed by atoms with E-state index >= 15 is 0 Å². The molecule has 2 heterocycles. The molecule has 2 atom stereocenters. The second kappa shape index (κ2) is 6.52. The van der Waals surface area contributed by atoms with Gasteiger partial charge in [-0.15, -0.1) is 11.3 Å². The van der Waals surface area contributed by atoms with Crippen molar-refractivity contribution in [1.82, 2.24) is 9.88 Å². The maximum absolute atomic E-state index is 5.92. The highest BCUT2D eigenvalue weighted by Gasteiger charge is 2.28. The zero-order valence-corrected chi connectivity index (χ0v) is 13.9. The zero-order valence-electron chi connectivity index (χ0n) is 13.1. The summed E-state index contributed by atoms with van der Waals surface area (Å²) in [6, 6.07) is 0.413. The highest BCUT2D eigenvalue weighted by atomic mass is 32.1. The van der Waals surface area contributed by atoms with Crippen LogP contribution in [0.15, 0.2) is 6.20 Å². The lowest BCUT2D eigenvalue weighted by atomic mass is 9.96. The zero-order chi connectivity index (χ0) is 14.8. The van der Waals surface area contributed by atoms with Gasteiger partial charge < -0.3 is 10.5 Å². The maximum atomic E-state index is 5.92. The van der Waals surface area contributed by atoms with Crippen LogP contribution in [0.4, 0.5) is 0 Å². The third-order valence-electron chi connectivity index (χ3n) is 4.03. The number of hydrogen-bond donors (Lipinski definition) is 1. The highest BCUT2D eigenvalue weighted by molar-refractivity contribution is 7.11. The fraction of sp³-hybridized carbons (Fsp3) is 0.800. The quantitative estimate of drug-likeness (QED) is 0.927. The molecule has 1 aliphatic heterocycles. The van der Waals surface area contributed by atoms with Crippen molar-refractivity contribution < 1.29 is 4.74 Å². The molecule has 1 saturated heterocycles. The predicted octanol–water partition coefficient (Wildman–Crippen LogP) is 2.38. The molecule has 114 valence electrons. The molecule has 1 fully saturated rings. The SMILES string of the molecule is COC1CCN(Cc2ncc(C(C)(C)C)s2)C(CN)C1. The van der Waals surface area contributed by atoms with E-state index in [1.54, 1.807) is 7.11 Å². The topological polar surface area (TPSA) is 51.4 Å². The minimum Gasteiger partial charge on any atom is -0.381 e. The smallest absolute Gasteiger partial charge is 0.107 e. The Labute approximate surface area is 126 Å². The van der Waals surface area contributed by atoms with E-state index in [1.165, 1.54) is 9.88 Å². The average molecular weight is 297 g/mol. The number of piperidine rings is 1. The summed E-state index contributed by atoms with van der Waals surface area (Å²) >= 11 is 1.83. The molecule has 0 spiro atoms. The van der Waals surface area contributed by atoms with Crippen LogP contribution in [0.1, 0.15) is 43.5 Å². The van der Waals surface area contributed by atoms with Crippen LogP contribution in [0.5, 0.6) is 0 Å². The standard InChI is InChI=1S/C15H27N3OS/c1-15(2,3)13-9-17-14(20-13)10-18-6-5-12(19-4)7-11(18)8-16/h9,11-12H,5-8,10,16H2,1-4H3. The number of aromatic nitrogens is 1. The van der Waals surface area contributed by atoms with Crippen LogP contribution in [0.3, 0.4) is 0 Å². The van der Waals surface area contributed by atoms with Crippen molar-refractivity contribution in [3.8, 4) is 0 Å². The third-order valence-corrected chi connectivity index (χ3v) is 5.43. The van der Waals surface area contributed by atoms with Gasteiger partial charge in [0.1, 0.15) is 5.01 Å². The molecule has 2 N–H and O–H groups in total. The van der Waals surface area contributed by atoms with E-state index in [-0.39, 0.29) is 5.41 Å². The molecule has 20 heavy (non-hydrogen) atoms. The Morgan fingerprint density at radius 2 is 2.25 bits per heavy atom. The van der Waals surface area contributed by atoms with Crippen molar-refractivity contribution in [3.05, 3.63) is 16.1 Å². The molecule has 2 rings (SSSR count). The molecule has 1 aromatic heterocycles. The molecule has 0 saturated carbocycles. The molecule has 2 unspecified atom stereocenters. The predicted molar refractivity (Wildman–Crippen MR) is 84.1 cm³/mol. The molecule has 1 aromatic rings. The number of nitrogens with zero attached hydrogens (tertiary/aromatic N) is 2. The first kappa shape index (κ1) is 15.9. The Balaban J connectivity index is 2.00. The van der Waals surface area contributed by atoms with Crippen LogP contribution in [0.25, 0.3) is 0 Å². The van der Waals surface area contributed by atoms with Gasteiger partial charge in [0.15, 0.2) is 0 Å². The van der Waals surface area contributed by atoms with Gasteiger partial charge in [0.25, 0.3) is 0 Å². The second-order valence-corrected chi connectivity index (χ2v) is 7.73. The van der Waals surface area contributed by atoms with E-state index in [2.05, 4.69) is 30.7 Å². The molecular weight excluding hydrogens is 270 g/mol. The van der Waals surface area contributed by atoms with E-state index < -0.39 is 0 Å². The highest BCUT2D eigenvalue weighted by Crippen LogP contribution is 2.29. The van der Waals surface area contributed by atoms with Gasteiger partial charge in [0.2, 0.25) is 0 Å². The summed E-state index contributed by atoms with van der Waals surface area (Å²) in [6.45, 7) is 9.35. The fourth-order valence-electron chi connectivity index (χ4n) is 2.63. The largest absolute Gasteiger partial charge is 0.381 e. The molecule has 0 aromatic carbocycles. The van der Waals surface area contributed by atoms with E-state index in [0.29, 0.717) is 18.7 Å². The van der Waals surface area contributed by atoms with Gasteiger partial charge in [-0.05, 0) is 18.3 Å². The molecular formula is C15H27N3OS. The number of methoxy groups -OCH3 is 1. The van der Waals surface area contributed by atoms with Crippen molar-refractivity contribution in [2.24, 2.45) is 5.73 Å². The molecule has 4 nitrogen and oxygen atoms in total. The summed E-state index contributed by atoms with van der Waals surface area (Å²) in [5, 5.41) is 1.20. The Morgan fingerprint density at radius 3 is 2.80 bits per heavy atom. The van der Waals surface area contributed by atoms with Gasteiger partial charge in [-0.1, -0.05) is 20.8 Å². The average Bonchev–Trinajstić information content (AvgIpc) is 2.87. The number of likely N-dealkylation sites (tertiary alicyclic amines) is 1. The minimum atomic E-state index is 0.187. The van der Waals surface area contributed by atoms with Crippen LogP contribution in [0, 0.1) is 0 Å². The van der Waals surface area contributed by atoms with Crippen molar-refractivity contribution in [3.63, 3.8) is 0 Å². The van der Waals surface area contributed by atoms with Crippen LogP contribution >= 0.6 is 11.3 Å². The fourth-order valence-corrected chi connectivity index (χ4v) is 3.64. The molecule has 0 bridgehead atoms. The lowest BCUT2D eigenvalue weighted by Crippen LogP contribution is -2.47. The molecule has 1 aliphatic rings. The summed E-state index contributed by atoms with van der Waals surface area (Å²) in [4.78, 5) is 8.40. The molecule has 5 heteroatoms. The Hall–Kier alpha value is -0.490. The summed E-state index contributed by atoms with van der Waals surface area (Å²) in [6.07, 6.45) is 4.51. The van der Waals surface area contributed by atoms with Crippen LogP contribution < -0.4 is 5.73 Å². The van der Waals surface area contributed by atoms with Gasteiger partial charge in [0, 0.05) is 37.3 Å². The first-order valence-corrected chi connectivity index (χ1v) is 8.17. The monoisotopic (exact) mass is 297 g/mol. The number of hydrogen-bond acceptors (Lipinski definition) is 5. The summed E-state index contributed by atoms with van der Waals surface area (Å²) in [5.74, 6) is 0. The molecule has 0 aliphatic carbocycles. The lowest BCUT2D eigenvalue weighted by Gasteiger charge is -2.37. The van der Waals surface area contributed by atoms with E-state index in [0.717, 1.165) is 25.9 Å². The number of nitrogens with two attached hydrogens (primary N) is 1. The van der Waals surface area contributed by atoms with E-state index in [1.807, 2.05) is 17.5 Å². The van der Waals surface area contributed by atoms with Crippen molar-refractivity contribution in [2.45, 2.75) is 57.7 Å². The van der Waals surface area contributed by atoms with Crippen molar-refractivity contribution in [1.29, 1.82) is 0 Å². The summed E-state index contributed by atoms with van der Waals surface area (Å²) in [5.41, 5.74) is 6.11. The second-order valence-electron chi connectivity index (χ2n) is 6.61. The Morgan fingerprint density at radius 1 is 1.50 bits per heavy atom. The minimum absolute atomic E-state index is 0.187. The number of ether oxygens (including phenoxy) is 1. The van der Waals surface area contributed by atoms with Crippen LogP contribution in [-0.4, -0.2) is 42.2 Å². The van der Waals surface area contributed by atoms with Crippen molar-refractivity contribution >= 4 is 11.3 Å². The number of thiazole rings is 1. The summed E-state index contributed by atoms with van der Waals surface area (Å²) < 4.78 is 5.48. The van der Waals surface area contributed by atoms with E-state index in [4.69, 9.17) is 10.5 Å². The normalized spacial score (nSPS) is 25.1. The first-order valence-electron chi connectivity index (χ1n) is 7.36. The molecule has 0 radical (unpaired) electrons. The Kier molecular flexibility index (Phi) is 5.18. The van der Waals surface area contributed by atoms with Gasteiger partial charge >= 0.3 is 0 Å². The third kappa shape index (κ3) is 3.79. The van der Waals surface area contributed by atoms with Gasteiger partial charge in [-0.3, -0.25) is 4.90 Å². The first-order chi connectivity index (χ1) is 9.44. The maximum Gasteiger partial charge on any atom is 0.107 e. The van der Waals surface area contributed by atoms with Gasteiger partial charge in [-0.2, -0.15) is 0 Å². The lowest BCUT2D eigenvalue weighted by molar-refractivity contribution is 0.0102. The van der Waals surface area contributed by atoms with Crippen LogP contribution in [0.2, 0.25) is 0 Å². The molecule has 0 amide bonds. The van der Waals surface area contributed by atoms with Gasteiger partial charge in [-0.25, -0.2) is 4.98 Å². The Bertz CT molecular complexity index is 427. The summed E-state index contributed by atoms with van der Waals surface area (Å²) in [7, 11) is 1.80.